The molecule has 0 bridgehead atoms. The molecule has 3 aliphatic heterocycles. The van der Waals surface area contributed by atoms with Gasteiger partial charge in [-0.25, -0.2) is 0 Å². The highest BCUT2D eigenvalue weighted by Crippen LogP contribution is 2.59. The summed E-state index contributed by atoms with van der Waals surface area (Å²) in [6.07, 6.45) is 2.50. The van der Waals surface area contributed by atoms with Gasteiger partial charge in [-0.3, -0.25) is 9.59 Å². The lowest BCUT2D eigenvalue weighted by atomic mass is 9.66. The minimum absolute atomic E-state index is 0.0159. The smallest absolute Gasteiger partial charge is 0.231 e. The molecule has 1 fully saturated rings. The van der Waals surface area contributed by atoms with Crippen molar-refractivity contribution in [1.82, 2.24) is 4.90 Å². The molecule has 1 aliphatic carbocycles. The number of amides is 1. The molecule has 4 aliphatic rings. The predicted octanol–water partition coefficient (Wildman–Crippen LogP) is 3.18. The molecule has 1 aromatic carbocycles. The average Bonchev–Trinajstić information content (AvgIpc) is 3.20. The molecule has 1 saturated heterocycles. The zero-order valence-corrected chi connectivity index (χ0v) is 19.7. The summed E-state index contributed by atoms with van der Waals surface area (Å²) in [5.41, 5.74) is -1.03. The SMILES string of the molecule is CC(C)(C)[Si](C)(C)O[C@H]1CN2C(=O)C[C@]3(O)C=CC(=O)C[C@@]23c2cc3c(cc21)OCO3. The van der Waals surface area contributed by atoms with Crippen molar-refractivity contribution in [3.8, 4) is 11.5 Å². The van der Waals surface area contributed by atoms with Crippen LogP contribution in [0.3, 0.4) is 0 Å². The van der Waals surface area contributed by atoms with Crippen LogP contribution in [0.2, 0.25) is 18.1 Å². The number of carbonyl (C=O) groups is 2. The van der Waals surface area contributed by atoms with E-state index >= 15 is 0 Å². The molecule has 1 amide bonds. The lowest BCUT2D eigenvalue weighted by molar-refractivity contribution is -0.139. The molecule has 8 heteroatoms. The van der Waals surface area contributed by atoms with E-state index in [2.05, 4.69) is 33.9 Å². The fourth-order valence-corrected chi connectivity index (χ4v) is 6.38. The Morgan fingerprint density at radius 3 is 2.52 bits per heavy atom. The minimum atomic E-state index is -2.18. The fourth-order valence-electron chi connectivity index (χ4n) is 5.12. The molecule has 7 nitrogen and oxygen atoms in total. The minimum Gasteiger partial charge on any atom is -0.454 e. The van der Waals surface area contributed by atoms with E-state index in [-0.39, 0.29) is 42.5 Å². The van der Waals surface area contributed by atoms with E-state index in [1.807, 2.05) is 12.1 Å². The Balaban J connectivity index is 1.72. The number of hydrogen-bond acceptors (Lipinski definition) is 6. The Labute approximate surface area is 183 Å². The summed E-state index contributed by atoms with van der Waals surface area (Å²) < 4.78 is 18.0. The van der Waals surface area contributed by atoms with Crippen molar-refractivity contribution in [2.24, 2.45) is 0 Å². The number of aliphatic hydroxyl groups is 1. The number of nitrogens with zero attached hydrogens (tertiary/aromatic N) is 1. The van der Waals surface area contributed by atoms with Gasteiger partial charge >= 0.3 is 0 Å². The van der Waals surface area contributed by atoms with E-state index in [9.17, 15) is 14.7 Å². The van der Waals surface area contributed by atoms with Crippen LogP contribution < -0.4 is 9.47 Å². The number of allylic oxidation sites excluding steroid dienone is 1. The topological polar surface area (TPSA) is 85.3 Å². The summed E-state index contributed by atoms with van der Waals surface area (Å²) in [5.74, 6) is 0.897. The molecule has 0 unspecified atom stereocenters. The van der Waals surface area contributed by atoms with Gasteiger partial charge in [-0.1, -0.05) is 20.8 Å². The summed E-state index contributed by atoms with van der Waals surface area (Å²) in [7, 11) is -2.18. The van der Waals surface area contributed by atoms with Crippen molar-refractivity contribution in [2.75, 3.05) is 13.3 Å². The van der Waals surface area contributed by atoms with Crippen LogP contribution in [0, 0.1) is 0 Å². The molecule has 1 N–H and O–H groups in total. The van der Waals surface area contributed by atoms with Gasteiger partial charge in [0.2, 0.25) is 12.7 Å². The molecule has 166 valence electrons. The summed E-state index contributed by atoms with van der Waals surface area (Å²) in [5, 5.41) is 11.6. The maximum Gasteiger partial charge on any atom is 0.231 e. The number of ketones is 1. The lowest BCUT2D eigenvalue weighted by Crippen LogP contribution is -2.61. The average molecular weight is 444 g/mol. The first-order valence-corrected chi connectivity index (χ1v) is 13.7. The molecule has 31 heavy (non-hydrogen) atoms. The van der Waals surface area contributed by atoms with Crippen LogP contribution in [0.4, 0.5) is 0 Å². The van der Waals surface area contributed by atoms with Gasteiger partial charge < -0.3 is 23.9 Å². The van der Waals surface area contributed by atoms with Crippen LogP contribution in [-0.4, -0.2) is 49.0 Å². The number of benzene rings is 1. The van der Waals surface area contributed by atoms with Gasteiger partial charge in [0, 0.05) is 6.42 Å². The van der Waals surface area contributed by atoms with Crippen molar-refractivity contribution in [3.63, 3.8) is 0 Å². The molecule has 3 atom stereocenters. The first-order chi connectivity index (χ1) is 14.4. The normalized spacial score (nSPS) is 31.5. The Kier molecular flexibility index (Phi) is 4.15. The summed E-state index contributed by atoms with van der Waals surface area (Å²) in [4.78, 5) is 27.4. The van der Waals surface area contributed by atoms with Crippen LogP contribution in [0.5, 0.6) is 11.5 Å². The number of rotatable bonds is 2. The molecule has 0 aromatic heterocycles. The second-order valence-electron chi connectivity index (χ2n) is 10.6. The molecular formula is C23H29NO6Si. The van der Waals surface area contributed by atoms with Crippen molar-refractivity contribution in [2.45, 2.75) is 69.0 Å². The second kappa shape index (κ2) is 6.21. The Bertz CT molecular complexity index is 1030. The highest BCUT2D eigenvalue weighted by atomic mass is 28.4. The van der Waals surface area contributed by atoms with E-state index in [1.54, 1.807) is 4.90 Å². The Hall–Kier alpha value is -2.16. The van der Waals surface area contributed by atoms with Crippen molar-refractivity contribution in [1.29, 1.82) is 0 Å². The first-order valence-electron chi connectivity index (χ1n) is 10.7. The van der Waals surface area contributed by atoms with Gasteiger partial charge in [-0.15, -0.1) is 0 Å². The summed E-state index contributed by atoms with van der Waals surface area (Å²) >= 11 is 0. The molecule has 5 rings (SSSR count). The number of ether oxygens (including phenoxy) is 2. The molecular weight excluding hydrogens is 414 g/mol. The number of hydrogen-bond donors (Lipinski definition) is 1. The first kappa shape index (κ1) is 20.7. The van der Waals surface area contributed by atoms with E-state index < -0.39 is 19.5 Å². The van der Waals surface area contributed by atoms with Gasteiger partial charge in [0.15, 0.2) is 25.6 Å². The van der Waals surface area contributed by atoms with Gasteiger partial charge in [0.1, 0.15) is 11.1 Å². The molecule has 1 spiro atoms. The highest BCUT2D eigenvalue weighted by Gasteiger charge is 2.67. The predicted molar refractivity (Wildman–Crippen MR) is 115 cm³/mol. The van der Waals surface area contributed by atoms with E-state index in [1.165, 1.54) is 12.2 Å². The molecule has 0 radical (unpaired) electrons. The van der Waals surface area contributed by atoms with Gasteiger partial charge in [0.05, 0.1) is 19.1 Å². The van der Waals surface area contributed by atoms with E-state index in [4.69, 9.17) is 13.9 Å². The second-order valence-corrected chi connectivity index (χ2v) is 15.4. The summed E-state index contributed by atoms with van der Waals surface area (Å²) in [6, 6.07) is 3.75. The maximum atomic E-state index is 13.2. The third-order valence-electron chi connectivity index (χ3n) is 7.80. The largest absolute Gasteiger partial charge is 0.454 e. The quantitative estimate of drug-likeness (QED) is 0.707. The van der Waals surface area contributed by atoms with Crippen LogP contribution in [-0.2, 0) is 19.6 Å². The monoisotopic (exact) mass is 443 g/mol. The molecule has 3 heterocycles. The van der Waals surface area contributed by atoms with Crippen LogP contribution in [0.1, 0.15) is 50.8 Å². The van der Waals surface area contributed by atoms with Gasteiger partial charge in [0.25, 0.3) is 0 Å². The zero-order valence-electron chi connectivity index (χ0n) is 18.7. The third kappa shape index (κ3) is 2.71. The Morgan fingerprint density at radius 2 is 1.84 bits per heavy atom. The molecule has 1 aromatic rings. The van der Waals surface area contributed by atoms with Crippen LogP contribution >= 0.6 is 0 Å². The highest BCUT2D eigenvalue weighted by molar-refractivity contribution is 6.74. The van der Waals surface area contributed by atoms with Crippen molar-refractivity contribution in [3.05, 3.63) is 35.4 Å². The maximum absolute atomic E-state index is 13.2. The van der Waals surface area contributed by atoms with E-state index in [0.29, 0.717) is 18.0 Å². The third-order valence-corrected chi connectivity index (χ3v) is 12.3. The van der Waals surface area contributed by atoms with Crippen molar-refractivity contribution < 1.29 is 28.6 Å². The zero-order chi connectivity index (χ0) is 22.4. The Morgan fingerprint density at radius 1 is 1.16 bits per heavy atom. The lowest BCUT2D eigenvalue weighted by Gasteiger charge is -2.53. The standard InChI is InChI=1S/C23H29NO6Si/c1-21(2,3)31(4,5)30-19-12-24-20(26)11-22(27)7-6-14(25)10-23(22,24)16-9-18-17(8-15(16)19)28-13-29-18/h6-9,19,27H,10-13H2,1-5H3/t19-,22+,23-/m0/s1. The van der Waals surface area contributed by atoms with Gasteiger partial charge in [-0.2, -0.15) is 0 Å². The fraction of sp³-hybridized carbons (Fsp3) is 0.565. The van der Waals surface area contributed by atoms with Crippen molar-refractivity contribution >= 4 is 20.0 Å². The van der Waals surface area contributed by atoms with Crippen LogP contribution in [0.15, 0.2) is 24.3 Å². The van der Waals surface area contributed by atoms with Crippen LogP contribution in [0.25, 0.3) is 0 Å². The number of carbonyl (C=O) groups excluding carboxylic acids is 2. The number of fused-ring (bicyclic) bond motifs is 2. The van der Waals surface area contributed by atoms with Gasteiger partial charge in [-0.05, 0) is 53.5 Å². The van der Waals surface area contributed by atoms with E-state index in [0.717, 1.165) is 11.1 Å². The summed E-state index contributed by atoms with van der Waals surface area (Å²) in [6.45, 7) is 11.3. The molecule has 0 saturated carbocycles.